The van der Waals surface area contributed by atoms with E-state index in [1.54, 1.807) is 6.26 Å². The summed E-state index contributed by atoms with van der Waals surface area (Å²) in [5.74, 6) is 2.02. The topological polar surface area (TPSA) is 68.9 Å². The number of oxazole rings is 1. The third kappa shape index (κ3) is 7.36. The van der Waals surface area contributed by atoms with Crippen LogP contribution in [-0.4, -0.2) is 73.1 Å². The highest BCUT2D eigenvalue weighted by atomic mass is 16.3. The number of aromatic nitrogens is 1. The lowest BCUT2D eigenvalue weighted by Gasteiger charge is -2.35. The SMILES string of the molecule is CCNC(=NCc1coc(-c2ccc(C)cc2)n1)NCC(C)CN1CCN(CC)CC1. The van der Waals surface area contributed by atoms with Crippen LogP contribution in [0.4, 0.5) is 0 Å². The number of nitrogens with one attached hydrogen (secondary N) is 2. The summed E-state index contributed by atoms with van der Waals surface area (Å²) in [6, 6.07) is 8.19. The Kier molecular flexibility index (Phi) is 8.91. The van der Waals surface area contributed by atoms with Gasteiger partial charge in [-0.3, -0.25) is 0 Å². The van der Waals surface area contributed by atoms with Crippen molar-refractivity contribution in [1.82, 2.24) is 25.4 Å². The van der Waals surface area contributed by atoms with Crippen LogP contribution in [0.2, 0.25) is 0 Å². The fourth-order valence-electron chi connectivity index (χ4n) is 3.77. The van der Waals surface area contributed by atoms with Gasteiger partial charge in [0.15, 0.2) is 5.96 Å². The average Bonchev–Trinajstić information content (AvgIpc) is 3.26. The number of piperazine rings is 1. The van der Waals surface area contributed by atoms with Crippen molar-refractivity contribution in [3.63, 3.8) is 0 Å². The average molecular weight is 427 g/mol. The zero-order chi connectivity index (χ0) is 22.1. The number of hydrogen-bond acceptors (Lipinski definition) is 5. The summed E-state index contributed by atoms with van der Waals surface area (Å²) in [6.45, 7) is 17.9. The van der Waals surface area contributed by atoms with Gasteiger partial charge in [0.25, 0.3) is 0 Å². The lowest BCUT2D eigenvalue weighted by atomic mass is 10.1. The van der Waals surface area contributed by atoms with Gasteiger partial charge in [0.2, 0.25) is 5.89 Å². The molecule has 1 fully saturated rings. The van der Waals surface area contributed by atoms with Crippen LogP contribution in [-0.2, 0) is 6.54 Å². The van der Waals surface area contributed by atoms with E-state index in [9.17, 15) is 0 Å². The fourth-order valence-corrected chi connectivity index (χ4v) is 3.77. The first-order valence-electron chi connectivity index (χ1n) is 11.6. The Labute approximate surface area is 186 Å². The Morgan fingerprint density at radius 1 is 1.10 bits per heavy atom. The van der Waals surface area contributed by atoms with Crippen LogP contribution >= 0.6 is 0 Å². The first-order chi connectivity index (χ1) is 15.1. The second-order valence-corrected chi connectivity index (χ2v) is 8.43. The molecule has 1 aliphatic rings. The second-order valence-electron chi connectivity index (χ2n) is 8.43. The van der Waals surface area contributed by atoms with Gasteiger partial charge in [-0.1, -0.05) is 31.5 Å². The maximum absolute atomic E-state index is 5.65. The smallest absolute Gasteiger partial charge is 0.226 e. The van der Waals surface area contributed by atoms with E-state index in [1.165, 1.54) is 31.7 Å². The molecule has 0 radical (unpaired) electrons. The molecule has 1 atom stereocenters. The number of aryl methyl sites for hydroxylation is 1. The minimum Gasteiger partial charge on any atom is -0.444 e. The Balaban J connectivity index is 1.48. The normalized spacial score (nSPS) is 17.0. The maximum Gasteiger partial charge on any atom is 0.226 e. The van der Waals surface area contributed by atoms with Crippen LogP contribution < -0.4 is 10.6 Å². The van der Waals surface area contributed by atoms with Gasteiger partial charge in [-0.15, -0.1) is 0 Å². The minimum absolute atomic E-state index is 0.484. The molecule has 0 aliphatic carbocycles. The maximum atomic E-state index is 5.65. The molecule has 1 aromatic heterocycles. The van der Waals surface area contributed by atoms with Crippen LogP contribution in [0, 0.1) is 12.8 Å². The molecule has 1 saturated heterocycles. The first kappa shape index (κ1) is 23.3. The molecule has 31 heavy (non-hydrogen) atoms. The lowest BCUT2D eigenvalue weighted by Crippen LogP contribution is -2.48. The molecular weight excluding hydrogens is 388 g/mol. The van der Waals surface area contributed by atoms with Gasteiger partial charge < -0.3 is 24.9 Å². The molecule has 0 spiro atoms. The molecule has 1 aromatic carbocycles. The molecule has 0 amide bonds. The van der Waals surface area contributed by atoms with E-state index >= 15 is 0 Å². The van der Waals surface area contributed by atoms with Gasteiger partial charge in [-0.05, 0) is 38.4 Å². The molecule has 1 aliphatic heterocycles. The summed E-state index contributed by atoms with van der Waals surface area (Å²) >= 11 is 0. The molecule has 3 rings (SSSR count). The first-order valence-corrected chi connectivity index (χ1v) is 11.6. The molecule has 7 nitrogen and oxygen atoms in total. The summed E-state index contributed by atoms with van der Waals surface area (Å²) < 4.78 is 5.65. The van der Waals surface area contributed by atoms with Crippen LogP contribution in [0.15, 0.2) is 39.9 Å². The van der Waals surface area contributed by atoms with E-state index < -0.39 is 0 Å². The predicted molar refractivity (Wildman–Crippen MR) is 127 cm³/mol. The summed E-state index contributed by atoms with van der Waals surface area (Å²) in [7, 11) is 0. The second kappa shape index (κ2) is 11.9. The van der Waals surface area contributed by atoms with Gasteiger partial charge in [0, 0.05) is 51.4 Å². The molecule has 170 valence electrons. The zero-order valence-electron chi connectivity index (χ0n) is 19.5. The molecule has 1 unspecified atom stereocenters. The molecule has 2 N–H and O–H groups in total. The Morgan fingerprint density at radius 2 is 1.81 bits per heavy atom. The van der Waals surface area contributed by atoms with Gasteiger partial charge >= 0.3 is 0 Å². The Hall–Kier alpha value is -2.38. The standard InChI is InChI=1S/C24H38N6O/c1-5-25-24(26-15-20(4)17-30-13-11-29(6-2)12-14-30)27-16-22-18-31-23(28-22)21-9-7-19(3)8-10-21/h7-10,18,20H,5-6,11-17H2,1-4H3,(H2,25,26,27). The molecule has 7 heteroatoms. The molecule has 2 heterocycles. The van der Waals surface area contributed by atoms with E-state index in [-0.39, 0.29) is 0 Å². The predicted octanol–water partition coefficient (Wildman–Crippen LogP) is 2.98. The van der Waals surface area contributed by atoms with Crippen molar-refractivity contribution in [2.24, 2.45) is 10.9 Å². The van der Waals surface area contributed by atoms with Crippen molar-refractivity contribution in [3.05, 3.63) is 41.8 Å². The van der Waals surface area contributed by atoms with Crippen molar-refractivity contribution in [2.75, 3.05) is 52.4 Å². The van der Waals surface area contributed by atoms with Crippen molar-refractivity contribution >= 4 is 5.96 Å². The summed E-state index contributed by atoms with van der Waals surface area (Å²) in [5.41, 5.74) is 3.04. The fraction of sp³-hybridized carbons (Fsp3) is 0.583. The lowest BCUT2D eigenvalue weighted by molar-refractivity contribution is 0.124. The van der Waals surface area contributed by atoms with E-state index in [0.717, 1.165) is 43.4 Å². The third-order valence-corrected chi connectivity index (χ3v) is 5.69. The van der Waals surface area contributed by atoms with Gasteiger partial charge in [-0.25, -0.2) is 9.98 Å². The third-order valence-electron chi connectivity index (χ3n) is 5.69. The summed E-state index contributed by atoms with van der Waals surface area (Å²) in [6.07, 6.45) is 1.70. The van der Waals surface area contributed by atoms with Crippen LogP contribution in [0.1, 0.15) is 32.0 Å². The highest BCUT2D eigenvalue weighted by Crippen LogP contribution is 2.19. The van der Waals surface area contributed by atoms with E-state index in [4.69, 9.17) is 9.41 Å². The number of likely N-dealkylation sites (N-methyl/N-ethyl adjacent to an activating group) is 1. The van der Waals surface area contributed by atoms with Crippen LogP contribution in [0.3, 0.4) is 0 Å². The van der Waals surface area contributed by atoms with Crippen molar-refractivity contribution in [1.29, 1.82) is 0 Å². The highest BCUT2D eigenvalue weighted by Gasteiger charge is 2.17. The molecule has 0 bridgehead atoms. The van der Waals surface area contributed by atoms with Crippen LogP contribution in [0.5, 0.6) is 0 Å². The van der Waals surface area contributed by atoms with Gasteiger partial charge in [-0.2, -0.15) is 0 Å². The Morgan fingerprint density at radius 3 is 2.48 bits per heavy atom. The minimum atomic E-state index is 0.484. The quantitative estimate of drug-likeness (QED) is 0.475. The van der Waals surface area contributed by atoms with E-state index in [1.807, 2.05) is 12.1 Å². The summed E-state index contributed by atoms with van der Waals surface area (Å²) in [5, 5.41) is 6.82. The van der Waals surface area contributed by atoms with Gasteiger partial charge in [0.1, 0.15) is 12.0 Å². The van der Waals surface area contributed by atoms with Crippen LogP contribution in [0.25, 0.3) is 11.5 Å². The number of aliphatic imine (C=N–C) groups is 1. The van der Waals surface area contributed by atoms with Crippen molar-refractivity contribution in [2.45, 2.75) is 34.2 Å². The molecular formula is C24H38N6O. The van der Waals surface area contributed by atoms with Crippen molar-refractivity contribution < 1.29 is 4.42 Å². The summed E-state index contributed by atoms with van der Waals surface area (Å²) in [4.78, 5) is 14.4. The van der Waals surface area contributed by atoms with Crippen molar-refractivity contribution in [3.8, 4) is 11.5 Å². The highest BCUT2D eigenvalue weighted by molar-refractivity contribution is 5.79. The largest absolute Gasteiger partial charge is 0.444 e. The van der Waals surface area contributed by atoms with Gasteiger partial charge in [0.05, 0.1) is 6.54 Å². The van der Waals surface area contributed by atoms with E-state index in [2.05, 4.69) is 65.2 Å². The number of benzene rings is 1. The zero-order valence-corrected chi connectivity index (χ0v) is 19.5. The molecule has 0 saturated carbocycles. The monoisotopic (exact) mass is 426 g/mol. The number of hydrogen-bond donors (Lipinski definition) is 2. The van der Waals surface area contributed by atoms with E-state index in [0.29, 0.717) is 18.4 Å². The number of rotatable bonds is 9. The Bertz CT molecular complexity index is 808. The molecule has 2 aromatic rings. The number of guanidine groups is 1. The number of nitrogens with zero attached hydrogens (tertiary/aromatic N) is 4.